The lowest BCUT2D eigenvalue weighted by Crippen LogP contribution is -2.16. The van der Waals surface area contributed by atoms with Crippen molar-refractivity contribution in [2.75, 3.05) is 7.11 Å². The molecule has 0 bridgehead atoms. The number of nitrogens with one attached hydrogen (secondary N) is 1. The number of aromatic nitrogens is 3. The normalized spacial score (nSPS) is 10.8. The van der Waals surface area contributed by atoms with Gasteiger partial charge in [-0.15, -0.1) is 0 Å². The summed E-state index contributed by atoms with van der Waals surface area (Å²) >= 11 is 6.26. The van der Waals surface area contributed by atoms with Crippen molar-refractivity contribution in [1.29, 1.82) is 0 Å². The van der Waals surface area contributed by atoms with Crippen LogP contribution in [-0.2, 0) is 19.6 Å². The number of hydrogen-bond acceptors (Lipinski definition) is 4. The first kappa shape index (κ1) is 14.8. The van der Waals surface area contributed by atoms with E-state index in [0.717, 1.165) is 35.1 Å². The van der Waals surface area contributed by atoms with Crippen molar-refractivity contribution < 1.29 is 4.74 Å². The zero-order valence-electron chi connectivity index (χ0n) is 12.0. The number of methoxy groups -OCH3 is 1. The van der Waals surface area contributed by atoms with Crippen LogP contribution in [0.3, 0.4) is 0 Å². The average Bonchev–Trinajstić information content (AvgIpc) is 2.75. The Morgan fingerprint density at radius 2 is 2.15 bits per heavy atom. The molecule has 0 spiro atoms. The molecule has 0 saturated carbocycles. The average molecular weight is 295 g/mol. The molecule has 0 aromatic carbocycles. The Hall–Kier alpha value is -1.59. The minimum atomic E-state index is 0.622. The number of aryl methyl sites for hydroxylation is 2. The predicted molar refractivity (Wildman–Crippen MR) is 79.0 cm³/mol. The fraction of sp³-hybridized carbons (Fsp3) is 0.429. The zero-order valence-corrected chi connectivity index (χ0v) is 12.7. The Labute approximate surface area is 123 Å². The standard InChI is InChI=1S/C14H19ClN4O/c1-4-19-12(14(15)10(2)18-19)9-16-7-11-5-6-13(20-3)17-8-11/h5-6,8,16H,4,7,9H2,1-3H3. The minimum absolute atomic E-state index is 0.622. The Kier molecular flexibility index (Phi) is 4.98. The third-order valence-electron chi connectivity index (χ3n) is 3.08. The molecule has 2 aromatic rings. The fourth-order valence-electron chi connectivity index (χ4n) is 2.00. The highest BCUT2D eigenvalue weighted by atomic mass is 35.5. The smallest absolute Gasteiger partial charge is 0.212 e. The molecule has 2 heterocycles. The molecule has 0 aliphatic carbocycles. The first-order valence-electron chi connectivity index (χ1n) is 6.57. The number of nitrogens with zero attached hydrogens (tertiary/aromatic N) is 3. The van der Waals surface area contributed by atoms with E-state index in [-0.39, 0.29) is 0 Å². The molecule has 5 nitrogen and oxygen atoms in total. The Morgan fingerprint density at radius 3 is 2.75 bits per heavy atom. The first-order chi connectivity index (χ1) is 9.65. The van der Waals surface area contributed by atoms with Crippen LogP contribution < -0.4 is 10.1 Å². The van der Waals surface area contributed by atoms with Gasteiger partial charge in [-0.05, 0) is 19.4 Å². The van der Waals surface area contributed by atoms with Crippen molar-refractivity contribution >= 4 is 11.6 Å². The van der Waals surface area contributed by atoms with Crippen LogP contribution in [0.1, 0.15) is 23.9 Å². The molecule has 0 fully saturated rings. The molecule has 20 heavy (non-hydrogen) atoms. The molecular weight excluding hydrogens is 276 g/mol. The Bertz CT molecular complexity index is 565. The summed E-state index contributed by atoms with van der Waals surface area (Å²) in [5, 5.41) is 8.49. The van der Waals surface area contributed by atoms with E-state index < -0.39 is 0 Å². The molecular formula is C14H19ClN4O. The summed E-state index contributed by atoms with van der Waals surface area (Å²) in [5.41, 5.74) is 2.99. The van der Waals surface area contributed by atoms with Crippen molar-refractivity contribution in [1.82, 2.24) is 20.1 Å². The molecule has 1 N–H and O–H groups in total. The summed E-state index contributed by atoms with van der Waals surface area (Å²) < 4.78 is 6.96. The van der Waals surface area contributed by atoms with Crippen LogP contribution in [-0.4, -0.2) is 21.9 Å². The van der Waals surface area contributed by atoms with E-state index in [9.17, 15) is 0 Å². The van der Waals surface area contributed by atoms with Gasteiger partial charge in [-0.1, -0.05) is 17.7 Å². The molecule has 2 aromatic heterocycles. The quantitative estimate of drug-likeness (QED) is 0.889. The zero-order chi connectivity index (χ0) is 14.5. The van der Waals surface area contributed by atoms with Gasteiger partial charge in [-0.25, -0.2) is 4.98 Å². The third kappa shape index (κ3) is 3.29. The maximum Gasteiger partial charge on any atom is 0.212 e. The largest absolute Gasteiger partial charge is 0.481 e. The highest BCUT2D eigenvalue weighted by Crippen LogP contribution is 2.20. The molecule has 108 valence electrons. The summed E-state index contributed by atoms with van der Waals surface area (Å²) in [6.07, 6.45) is 1.80. The van der Waals surface area contributed by atoms with Gasteiger partial charge < -0.3 is 10.1 Å². The van der Waals surface area contributed by atoms with Gasteiger partial charge >= 0.3 is 0 Å². The maximum absolute atomic E-state index is 6.26. The molecule has 0 aliphatic rings. The van der Waals surface area contributed by atoms with Gasteiger partial charge in [0.15, 0.2) is 0 Å². The van der Waals surface area contributed by atoms with Crippen LogP contribution in [0, 0.1) is 6.92 Å². The number of halogens is 1. The van der Waals surface area contributed by atoms with Crippen LogP contribution in [0.2, 0.25) is 5.02 Å². The molecule has 0 unspecified atom stereocenters. The van der Waals surface area contributed by atoms with E-state index in [2.05, 4.69) is 22.3 Å². The lowest BCUT2D eigenvalue weighted by molar-refractivity contribution is 0.397. The van der Waals surface area contributed by atoms with Crippen molar-refractivity contribution in [3.63, 3.8) is 0 Å². The second-order valence-corrected chi connectivity index (χ2v) is 4.85. The van der Waals surface area contributed by atoms with Crippen molar-refractivity contribution in [3.8, 4) is 5.88 Å². The van der Waals surface area contributed by atoms with E-state index in [1.54, 1.807) is 13.3 Å². The van der Waals surface area contributed by atoms with Gasteiger partial charge in [0.05, 0.1) is 23.5 Å². The highest BCUT2D eigenvalue weighted by molar-refractivity contribution is 6.31. The van der Waals surface area contributed by atoms with Crippen LogP contribution in [0.25, 0.3) is 0 Å². The van der Waals surface area contributed by atoms with Gasteiger partial charge in [0.1, 0.15) is 0 Å². The molecule has 0 radical (unpaired) electrons. The van der Waals surface area contributed by atoms with E-state index in [1.807, 2.05) is 23.7 Å². The second kappa shape index (κ2) is 6.72. The molecule has 0 aliphatic heterocycles. The monoisotopic (exact) mass is 294 g/mol. The van der Waals surface area contributed by atoms with Crippen molar-refractivity contribution in [2.45, 2.75) is 33.5 Å². The summed E-state index contributed by atoms with van der Waals surface area (Å²) in [6.45, 7) is 6.19. The number of rotatable bonds is 6. The van der Waals surface area contributed by atoms with Crippen LogP contribution in [0.15, 0.2) is 18.3 Å². The Morgan fingerprint density at radius 1 is 1.35 bits per heavy atom. The van der Waals surface area contributed by atoms with Gasteiger partial charge in [0.25, 0.3) is 0 Å². The van der Waals surface area contributed by atoms with E-state index in [4.69, 9.17) is 16.3 Å². The van der Waals surface area contributed by atoms with E-state index >= 15 is 0 Å². The van der Waals surface area contributed by atoms with E-state index in [1.165, 1.54) is 0 Å². The molecule has 2 rings (SSSR count). The van der Waals surface area contributed by atoms with Gasteiger partial charge in [0, 0.05) is 31.9 Å². The lowest BCUT2D eigenvalue weighted by Gasteiger charge is -2.08. The lowest BCUT2D eigenvalue weighted by atomic mass is 10.3. The Balaban J connectivity index is 1.95. The van der Waals surface area contributed by atoms with E-state index in [0.29, 0.717) is 12.4 Å². The minimum Gasteiger partial charge on any atom is -0.481 e. The van der Waals surface area contributed by atoms with Gasteiger partial charge in [-0.2, -0.15) is 5.10 Å². The maximum atomic E-state index is 6.26. The topological polar surface area (TPSA) is 52.0 Å². The van der Waals surface area contributed by atoms with Gasteiger partial charge in [-0.3, -0.25) is 4.68 Å². The summed E-state index contributed by atoms with van der Waals surface area (Å²) in [6, 6.07) is 3.84. The molecule has 0 saturated heterocycles. The van der Waals surface area contributed by atoms with Crippen LogP contribution in [0.5, 0.6) is 5.88 Å². The second-order valence-electron chi connectivity index (χ2n) is 4.47. The first-order valence-corrected chi connectivity index (χ1v) is 6.95. The van der Waals surface area contributed by atoms with Crippen molar-refractivity contribution in [2.24, 2.45) is 0 Å². The summed E-state index contributed by atoms with van der Waals surface area (Å²) in [4.78, 5) is 4.17. The fourth-order valence-corrected chi connectivity index (χ4v) is 2.20. The molecule has 6 heteroatoms. The van der Waals surface area contributed by atoms with Gasteiger partial charge in [0.2, 0.25) is 5.88 Å². The summed E-state index contributed by atoms with van der Waals surface area (Å²) in [7, 11) is 1.61. The summed E-state index contributed by atoms with van der Waals surface area (Å²) in [5.74, 6) is 0.622. The molecule has 0 atom stereocenters. The van der Waals surface area contributed by atoms with Crippen LogP contribution in [0.4, 0.5) is 0 Å². The highest BCUT2D eigenvalue weighted by Gasteiger charge is 2.11. The number of pyridine rings is 1. The SMILES string of the molecule is CCn1nc(C)c(Cl)c1CNCc1ccc(OC)nc1. The predicted octanol–water partition coefficient (Wildman–Crippen LogP) is 2.56. The van der Waals surface area contributed by atoms with Crippen molar-refractivity contribution in [3.05, 3.63) is 40.3 Å². The third-order valence-corrected chi connectivity index (χ3v) is 3.57. The molecule has 0 amide bonds. The van der Waals surface area contributed by atoms with Crippen LogP contribution >= 0.6 is 11.6 Å². The number of hydrogen-bond donors (Lipinski definition) is 1. The number of ether oxygens (including phenoxy) is 1.